The summed E-state index contributed by atoms with van der Waals surface area (Å²) in [5, 5.41) is 7.06. The lowest BCUT2D eigenvalue weighted by atomic mass is 9.90. The minimum absolute atomic E-state index is 0. The van der Waals surface area contributed by atoms with Crippen LogP contribution in [0.15, 0.2) is 47.6 Å². The molecule has 2 aliphatic heterocycles. The average Bonchev–Trinajstić information content (AvgIpc) is 2.76. The van der Waals surface area contributed by atoms with E-state index >= 15 is 0 Å². The number of pyridine rings is 1. The molecule has 0 spiro atoms. The van der Waals surface area contributed by atoms with E-state index < -0.39 is 0 Å². The van der Waals surface area contributed by atoms with E-state index in [-0.39, 0.29) is 35.6 Å². The van der Waals surface area contributed by atoms with Gasteiger partial charge in [-0.15, -0.1) is 24.0 Å². The van der Waals surface area contributed by atoms with Gasteiger partial charge >= 0.3 is 0 Å². The van der Waals surface area contributed by atoms with Crippen LogP contribution in [0, 0.1) is 0 Å². The Morgan fingerprint density at radius 3 is 2.74 bits per heavy atom. The Morgan fingerprint density at radius 1 is 1.19 bits per heavy atom. The molecule has 4 rings (SSSR count). The number of ether oxygens (including phenoxy) is 2. The molecule has 168 valence electrons. The molecule has 0 bridgehead atoms. The lowest BCUT2D eigenvalue weighted by Crippen LogP contribution is -2.45. The molecule has 3 heterocycles. The van der Waals surface area contributed by atoms with Crippen LogP contribution in [0.25, 0.3) is 0 Å². The smallest absolute Gasteiger partial charge is 0.191 e. The van der Waals surface area contributed by atoms with E-state index in [4.69, 9.17) is 9.47 Å². The maximum Gasteiger partial charge on any atom is 0.191 e. The number of benzene rings is 1. The Kier molecular flexibility index (Phi) is 7.99. The molecule has 1 fully saturated rings. The van der Waals surface area contributed by atoms with Gasteiger partial charge in [-0.1, -0.05) is 24.3 Å². The van der Waals surface area contributed by atoms with Crippen molar-refractivity contribution in [2.75, 3.05) is 38.3 Å². The van der Waals surface area contributed by atoms with Crippen LogP contribution >= 0.6 is 24.0 Å². The van der Waals surface area contributed by atoms with E-state index in [9.17, 15) is 0 Å². The SMILES string of the molecule is CN=C(NCc1cccnc1N1CCOCC1)NC1CC(C)(C)Oc2ccccc21.I. The lowest BCUT2D eigenvalue weighted by molar-refractivity contribution is 0.0694. The maximum atomic E-state index is 6.15. The van der Waals surface area contributed by atoms with Crippen molar-refractivity contribution in [1.82, 2.24) is 15.6 Å². The molecule has 2 aliphatic rings. The summed E-state index contributed by atoms with van der Waals surface area (Å²) in [4.78, 5) is 11.4. The second kappa shape index (κ2) is 10.5. The summed E-state index contributed by atoms with van der Waals surface area (Å²) < 4.78 is 11.6. The molecule has 0 amide bonds. The Labute approximate surface area is 201 Å². The van der Waals surface area contributed by atoms with Gasteiger partial charge in [0.05, 0.1) is 19.3 Å². The molecule has 1 atom stereocenters. The number of nitrogens with zero attached hydrogens (tertiary/aromatic N) is 3. The minimum Gasteiger partial charge on any atom is -0.487 e. The molecule has 2 aromatic rings. The number of anilines is 1. The zero-order chi connectivity index (χ0) is 21.0. The molecule has 31 heavy (non-hydrogen) atoms. The predicted octanol–water partition coefficient (Wildman–Crippen LogP) is 3.50. The van der Waals surface area contributed by atoms with Gasteiger partial charge in [0, 0.05) is 50.4 Å². The number of morpholine rings is 1. The van der Waals surface area contributed by atoms with Gasteiger partial charge in [-0.3, -0.25) is 4.99 Å². The van der Waals surface area contributed by atoms with Crippen molar-refractivity contribution in [3.8, 4) is 5.75 Å². The summed E-state index contributed by atoms with van der Waals surface area (Å²) in [6.07, 6.45) is 2.71. The van der Waals surface area contributed by atoms with Crippen LogP contribution in [-0.4, -0.2) is 49.9 Å². The van der Waals surface area contributed by atoms with E-state index in [1.54, 1.807) is 7.05 Å². The minimum atomic E-state index is -0.238. The summed E-state index contributed by atoms with van der Waals surface area (Å²) in [5.41, 5.74) is 2.07. The van der Waals surface area contributed by atoms with Gasteiger partial charge in [0.1, 0.15) is 17.2 Å². The van der Waals surface area contributed by atoms with Crippen LogP contribution in [-0.2, 0) is 11.3 Å². The van der Waals surface area contributed by atoms with E-state index in [0.29, 0.717) is 6.54 Å². The van der Waals surface area contributed by atoms with Gasteiger partial charge in [0.2, 0.25) is 0 Å². The predicted molar refractivity (Wildman–Crippen MR) is 135 cm³/mol. The van der Waals surface area contributed by atoms with Crippen molar-refractivity contribution in [3.63, 3.8) is 0 Å². The quantitative estimate of drug-likeness (QED) is 0.354. The Hall–Kier alpha value is -2.07. The monoisotopic (exact) mass is 537 g/mol. The molecule has 0 radical (unpaired) electrons. The molecule has 1 aromatic carbocycles. The Balaban J connectivity index is 0.00000272. The second-order valence-corrected chi connectivity index (χ2v) is 8.31. The van der Waals surface area contributed by atoms with Crippen molar-refractivity contribution in [1.29, 1.82) is 0 Å². The number of para-hydroxylation sites is 1. The first kappa shape index (κ1) is 23.6. The van der Waals surface area contributed by atoms with Gasteiger partial charge in [0.25, 0.3) is 0 Å². The highest BCUT2D eigenvalue weighted by molar-refractivity contribution is 14.0. The average molecular weight is 537 g/mol. The molecule has 0 aliphatic carbocycles. The summed E-state index contributed by atoms with van der Waals surface area (Å²) in [5.74, 6) is 2.72. The van der Waals surface area contributed by atoms with Crippen molar-refractivity contribution in [3.05, 3.63) is 53.7 Å². The van der Waals surface area contributed by atoms with Gasteiger partial charge < -0.3 is 25.0 Å². The van der Waals surface area contributed by atoms with E-state index in [0.717, 1.165) is 61.4 Å². The van der Waals surface area contributed by atoms with Crippen LogP contribution in [0.3, 0.4) is 0 Å². The Bertz CT molecular complexity index is 899. The number of aliphatic imine (C=N–C) groups is 1. The largest absolute Gasteiger partial charge is 0.487 e. The van der Waals surface area contributed by atoms with Crippen molar-refractivity contribution in [2.45, 2.75) is 38.5 Å². The number of rotatable bonds is 4. The normalized spacial score (nSPS) is 20.2. The number of nitrogens with one attached hydrogen (secondary N) is 2. The number of aromatic nitrogens is 1. The molecule has 1 unspecified atom stereocenters. The van der Waals surface area contributed by atoms with Gasteiger partial charge in [-0.25, -0.2) is 4.98 Å². The first-order chi connectivity index (χ1) is 14.6. The molecule has 7 nitrogen and oxygen atoms in total. The fourth-order valence-electron chi connectivity index (χ4n) is 4.10. The van der Waals surface area contributed by atoms with Crippen LogP contribution in [0.4, 0.5) is 5.82 Å². The first-order valence-electron chi connectivity index (χ1n) is 10.6. The molecule has 0 saturated carbocycles. The fourth-order valence-corrected chi connectivity index (χ4v) is 4.10. The van der Waals surface area contributed by atoms with Crippen LogP contribution in [0.5, 0.6) is 5.75 Å². The third-order valence-corrected chi connectivity index (χ3v) is 5.54. The number of hydrogen-bond donors (Lipinski definition) is 2. The highest BCUT2D eigenvalue weighted by atomic mass is 127. The molecular weight excluding hydrogens is 505 g/mol. The van der Waals surface area contributed by atoms with E-state index in [1.165, 1.54) is 0 Å². The summed E-state index contributed by atoms with van der Waals surface area (Å²) in [6, 6.07) is 12.4. The van der Waals surface area contributed by atoms with Gasteiger partial charge in [0.15, 0.2) is 5.96 Å². The summed E-state index contributed by atoms with van der Waals surface area (Å²) in [6.45, 7) is 8.11. The number of hydrogen-bond acceptors (Lipinski definition) is 5. The fraction of sp³-hybridized carbons (Fsp3) is 0.478. The van der Waals surface area contributed by atoms with Gasteiger partial charge in [-0.05, 0) is 26.0 Å². The summed E-state index contributed by atoms with van der Waals surface area (Å²) >= 11 is 0. The van der Waals surface area contributed by atoms with Crippen molar-refractivity contribution >= 4 is 35.8 Å². The zero-order valence-corrected chi connectivity index (χ0v) is 20.8. The van der Waals surface area contributed by atoms with Crippen LogP contribution in [0.1, 0.15) is 37.4 Å². The maximum absolute atomic E-state index is 6.15. The second-order valence-electron chi connectivity index (χ2n) is 8.31. The highest BCUT2D eigenvalue weighted by Crippen LogP contribution is 2.39. The molecule has 1 saturated heterocycles. The topological polar surface area (TPSA) is 71.0 Å². The van der Waals surface area contributed by atoms with Crippen molar-refractivity contribution < 1.29 is 9.47 Å². The van der Waals surface area contributed by atoms with Gasteiger partial charge in [-0.2, -0.15) is 0 Å². The number of guanidine groups is 1. The van der Waals surface area contributed by atoms with Crippen LogP contribution in [0.2, 0.25) is 0 Å². The zero-order valence-electron chi connectivity index (χ0n) is 18.4. The van der Waals surface area contributed by atoms with Crippen LogP contribution < -0.4 is 20.3 Å². The molecule has 8 heteroatoms. The number of halogens is 1. The lowest BCUT2D eigenvalue weighted by Gasteiger charge is -2.38. The third kappa shape index (κ3) is 5.79. The van der Waals surface area contributed by atoms with E-state index in [1.807, 2.05) is 24.4 Å². The van der Waals surface area contributed by atoms with Crippen molar-refractivity contribution in [2.24, 2.45) is 4.99 Å². The molecule has 1 aromatic heterocycles. The first-order valence-corrected chi connectivity index (χ1v) is 10.6. The summed E-state index contributed by atoms with van der Waals surface area (Å²) in [7, 11) is 1.80. The highest BCUT2D eigenvalue weighted by Gasteiger charge is 2.34. The van der Waals surface area contributed by atoms with E-state index in [2.05, 4.69) is 57.6 Å². The molecule has 2 N–H and O–H groups in total. The number of fused-ring (bicyclic) bond motifs is 1. The molecular formula is C23H32IN5O2. The standard InChI is InChI=1S/C23H31N5O2.HI/c1-23(2)15-19(18-8-4-5-9-20(18)30-23)27-22(24-3)26-16-17-7-6-10-25-21(17)28-11-13-29-14-12-28;/h4-10,19H,11-16H2,1-3H3,(H2,24,26,27);1H. The Morgan fingerprint density at radius 2 is 1.97 bits per heavy atom. The third-order valence-electron chi connectivity index (χ3n) is 5.54.